The third kappa shape index (κ3) is 32.9. The molecule has 0 atom stereocenters. The first-order chi connectivity index (χ1) is 22.1. The number of hydrogen-bond donors (Lipinski definition) is 2. The van der Waals surface area contributed by atoms with Gasteiger partial charge in [-0.25, -0.2) is 0 Å². The molecule has 2 aromatic carbocycles. The fourth-order valence-corrected chi connectivity index (χ4v) is 3.41. The molecule has 0 unspecified atom stereocenters. The Labute approximate surface area is 328 Å². The Morgan fingerprint density at radius 1 is 0.633 bits per heavy atom. The van der Waals surface area contributed by atoms with E-state index in [4.69, 9.17) is 51.2 Å². The van der Waals surface area contributed by atoms with Crippen LogP contribution in [0, 0.1) is 98.6 Å². The summed E-state index contributed by atoms with van der Waals surface area (Å²) in [6, 6.07) is 21.2. The fraction of sp³-hybridized carbons (Fsp3) is 0.0357. The topological polar surface area (TPSA) is 314 Å². The SMILES string of the molecule is CC#N.O=C1C=CC(Br)=C/C1=C/Nc1ccccc1.O=C1C=CC(Br)=C/C1=C/Nc1ccccc1.O=[N+]([O-])[O-].O=[N+]([O-])[O-].O=[N+]([O-])[O-].[OH3+].[Pr+3]. The molecule has 256 valence electrons. The van der Waals surface area contributed by atoms with Crippen molar-refractivity contribution in [1.82, 2.24) is 0 Å². The van der Waals surface area contributed by atoms with Gasteiger partial charge < -0.3 is 62.1 Å². The van der Waals surface area contributed by atoms with Crippen LogP contribution in [0.2, 0.25) is 0 Å². The molecule has 49 heavy (non-hydrogen) atoms. The molecule has 0 bridgehead atoms. The van der Waals surface area contributed by atoms with E-state index in [0.29, 0.717) is 11.1 Å². The minimum absolute atomic E-state index is 0. The minimum atomic E-state index is -1.75. The van der Waals surface area contributed by atoms with Crippen LogP contribution in [0.5, 0.6) is 0 Å². The van der Waals surface area contributed by atoms with Gasteiger partial charge in [-0.2, -0.15) is 5.26 Å². The maximum absolute atomic E-state index is 11.5. The molecular formula is C28H26Br2N6O12Pr+. The van der Waals surface area contributed by atoms with Crippen molar-refractivity contribution in [3.8, 4) is 6.07 Å². The second-order valence-electron chi connectivity index (χ2n) is 7.57. The van der Waals surface area contributed by atoms with Crippen molar-refractivity contribution < 1.29 is 71.6 Å². The summed E-state index contributed by atoms with van der Waals surface area (Å²) in [5.74, 6) is 0.0123. The van der Waals surface area contributed by atoms with Crippen molar-refractivity contribution in [2.45, 2.75) is 6.92 Å². The molecule has 0 saturated carbocycles. The van der Waals surface area contributed by atoms with E-state index in [0.717, 1.165) is 20.3 Å². The van der Waals surface area contributed by atoms with Gasteiger partial charge in [0.2, 0.25) is 0 Å². The van der Waals surface area contributed by atoms with E-state index in [2.05, 4.69) is 42.5 Å². The molecular weight excluding hydrogens is 913 g/mol. The van der Waals surface area contributed by atoms with E-state index in [9.17, 15) is 9.59 Å². The third-order valence-corrected chi connectivity index (χ3v) is 5.27. The first-order valence-electron chi connectivity index (χ1n) is 12.1. The molecule has 21 heteroatoms. The Bertz CT molecular complexity index is 1440. The van der Waals surface area contributed by atoms with Crippen LogP contribution in [0.1, 0.15) is 6.92 Å². The van der Waals surface area contributed by atoms with Crippen LogP contribution in [-0.4, -0.2) is 26.8 Å². The predicted molar refractivity (Wildman–Crippen MR) is 186 cm³/mol. The van der Waals surface area contributed by atoms with Crippen molar-refractivity contribution in [3.05, 3.63) is 176 Å². The summed E-state index contributed by atoms with van der Waals surface area (Å²) < 4.78 is 1.79. The Hall–Kier alpha value is -4.81. The van der Waals surface area contributed by atoms with E-state index in [1.807, 2.05) is 60.7 Å². The van der Waals surface area contributed by atoms with E-state index in [1.165, 1.54) is 6.92 Å². The first kappa shape index (κ1) is 51.0. The number of benzene rings is 2. The molecule has 2 aliphatic rings. The normalized spacial score (nSPS) is 13.0. The van der Waals surface area contributed by atoms with Crippen LogP contribution >= 0.6 is 31.9 Å². The molecule has 0 saturated heterocycles. The number of rotatable bonds is 4. The molecule has 2 aliphatic carbocycles. The first-order valence-corrected chi connectivity index (χ1v) is 13.7. The van der Waals surface area contributed by atoms with E-state index in [-0.39, 0.29) is 58.3 Å². The number of para-hydroxylation sites is 2. The number of halogens is 2. The Kier molecular flexibility index (Phi) is 33.1. The van der Waals surface area contributed by atoms with Crippen LogP contribution in [0.15, 0.2) is 130 Å². The summed E-state index contributed by atoms with van der Waals surface area (Å²) in [4.78, 5) is 47.8. The van der Waals surface area contributed by atoms with Crippen LogP contribution in [0.4, 0.5) is 11.4 Å². The van der Waals surface area contributed by atoms with Crippen molar-refractivity contribution in [2.24, 2.45) is 0 Å². The number of nitrogens with zero attached hydrogens (tertiary/aromatic N) is 4. The van der Waals surface area contributed by atoms with Gasteiger partial charge >= 0.3 is 41.3 Å². The Morgan fingerprint density at radius 2 is 0.878 bits per heavy atom. The number of hydrogen-bond acceptors (Lipinski definition) is 14. The predicted octanol–water partition coefficient (Wildman–Crippen LogP) is 5.69. The molecule has 0 radical (unpaired) electrons. The van der Waals surface area contributed by atoms with Gasteiger partial charge in [-0.3, -0.25) is 9.59 Å². The van der Waals surface area contributed by atoms with Crippen LogP contribution in [0.3, 0.4) is 0 Å². The molecule has 4 rings (SSSR count). The van der Waals surface area contributed by atoms with Gasteiger partial charge in [0.15, 0.2) is 11.6 Å². The van der Waals surface area contributed by atoms with Gasteiger partial charge in [0.05, 0.1) is 21.3 Å². The quantitative estimate of drug-likeness (QED) is 0.161. The Balaban J connectivity index is -0.000000287. The van der Waals surface area contributed by atoms with Gasteiger partial charge in [-0.15, -0.1) is 0 Å². The van der Waals surface area contributed by atoms with Gasteiger partial charge in [-0.1, -0.05) is 68.3 Å². The molecule has 0 aromatic heterocycles. The fourth-order valence-electron chi connectivity index (χ4n) is 2.66. The average Bonchev–Trinajstić information content (AvgIpc) is 2.99. The molecule has 18 nitrogen and oxygen atoms in total. The number of nitriles is 1. The summed E-state index contributed by atoms with van der Waals surface area (Å²) in [5.41, 5.74) is 3.19. The second-order valence-corrected chi connectivity index (χ2v) is 9.40. The maximum atomic E-state index is 11.5. The summed E-state index contributed by atoms with van der Waals surface area (Å²) in [7, 11) is 0. The van der Waals surface area contributed by atoms with Crippen molar-refractivity contribution in [1.29, 1.82) is 5.26 Å². The zero-order valence-electron chi connectivity index (χ0n) is 25.1. The molecule has 2 aromatic rings. The zero-order chi connectivity index (χ0) is 36.2. The van der Waals surface area contributed by atoms with Crippen molar-refractivity contribution >= 4 is 54.8 Å². The summed E-state index contributed by atoms with van der Waals surface area (Å²) >= 11 is 6.67. The molecule has 5 N–H and O–H groups in total. The van der Waals surface area contributed by atoms with Crippen molar-refractivity contribution in [2.75, 3.05) is 10.6 Å². The van der Waals surface area contributed by atoms with Gasteiger partial charge in [0, 0.05) is 50.8 Å². The second kappa shape index (κ2) is 31.8. The van der Waals surface area contributed by atoms with Crippen molar-refractivity contribution in [3.63, 3.8) is 0 Å². The summed E-state index contributed by atoms with van der Waals surface area (Å²) in [6.07, 6.45) is 13.6. The zero-order valence-corrected chi connectivity index (χ0v) is 32.0. The van der Waals surface area contributed by atoms with Crippen LogP contribution < -0.4 is 10.6 Å². The van der Waals surface area contributed by atoms with Crippen LogP contribution in [0.25, 0.3) is 0 Å². The maximum Gasteiger partial charge on any atom is 3.00 e. The molecule has 0 amide bonds. The summed E-state index contributed by atoms with van der Waals surface area (Å²) in [5, 5.41) is 57.7. The number of carbonyl (C=O) groups is 2. The van der Waals surface area contributed by atoms with Gasteiger partial charge in [0.25, 0.3) is 0 Å². The molecule has 0 heterocycles. The largest absolute Gasteiger partial charge is 3.00 e. The van der Waals surface area contributed by atoms with E-state index in [1.54, 1.807) is 54.9 Å². The third-order valence-electron chi connectivity index (χ3n) is 4.28. The monoisotopic (exact) mass is 937 g/mol. The smallest absolute Gasteiger partial charge is 0.457 e. The van der Waals surface area contributed by atoms with E-state index >= 15 is 0 Å². The number of anilines is 2. The number of nitrogens with one attached hydrogen (secondary N) is 2. The van der Waals surface area contributed by atoms with E-state index < -0.39 is 15.3 Å². The molecule has 0 aliphatic heterocycles. The van der Waals surface area contributed by atoms with Gasteiger partial charge in [0.1, 0.15) is 0 Å². The van der Waals surface area contributed by atoms with Crippen LogP contribution in [-0.2, 0) is 15.1 Å². The average molecular weight is 939 g/mol. The Morgan fingerprint density at radius 3 is 1.12 bits per heavy atom. The standard InChI is InChI=1S/2C13H10BrNO.C2H3N.3NO3.H2O.Pr/c2*14-11-6-7-13(16)10(8-11)9-15-12-4-2-1-3-5-12;1-2-3;3*2-1(3)4;;/h2*1-9,15H;1H3;;;;1H2;/q;;;3*-1;;+3/p+1/b2*10-9-;;;;;;. The minimum Gasteiger partial charge on any atom is -0.457 e. The number of allylic oxidation sites excluding steroid dienone is 10. The molecule has 0 spiro atoms. The van der Waals surface area contributed by atoms with Gasteiger partial charge in [-0.05, 0) is 60.7 Å². The number of carbonyl (C=O) groups excluding carboxylic acids is 2. The number of ketones is 2. The molecule has 0 fully saturated rings. The summed E-state index contributed by atoms with van der Waals surface area (Å²) in [6.45, 7) is 1.43.